The number of aromatic nitrogens is 2. The lowest BCUT2D eigenvalue weighted by Gasteiger charge is -2.26. The zero-order valence-electron chi connectivity index (χ0n) is 20.1. The molecular weight excluding hydrogens is 468 g/mol. The second kappa shape index (κ2) is 10.6. The molecule has 35 heavy (non-hydrogen) atoms. The van der Waals surface area contributed by atoms with Crippen LogP contribution in [0.25, 0.3) is 5.69 Å². The van der Waals surface area contributed by atoms with E-state index in [1.807, 2.05) is 48.9 Å². The van der Waals surface area contributed by atoms with Crippen LogP contribution < -0.4 is 10.1 Å². The number of methoxy groups -OCH3 is 1. The molecule has 1 atom stereocenters. The molecule has 10 heteroatoms. The Morgan fingerprint density at radius 1 is 1.17 bits per heavy atom. The van der Waals surface area contributed by atoms with Crippen LogP contribution in [0.4, 0.5) is 0 Å². The summed E-state index contributed by atoms with van der Waals surface area (Å²) in [5, 5.41) is 7.47. The highest BCUT2D eigenvalue weighted by molar-refractivity contribution is 7.89. The minimum atomic E-state index is -3.77. The summed E-state index contributed by atoms with van der Waals surface area (Å²) in [6, 6.07) is 14.3. The fourth-order valence-corrected chi connectivity index (χ4v) is 5.81. The number of hydrogen-bond acceptors (Lipinski definition) is 6. The van der Waals surface area contributed by atoms with Crippen molar-refractivity contribution < 1.29 is 22.7 Å². The Labute approximate surface area is 205 Å². The molecular formula is C25H30N4O5S. The van der Waals surface area contributed by atoms with E-state index in [9.17, 15) is 13.2 Å². The summed E-state index contributed by atoms with van der Waals surface area (Å²) in [5.74, 6) is 0.0298. The van der Waals surface area contributed by atoms with Gasteiger partial charge in [0.1, 0.15) is 10.6 Å². The molecule has 0 saturated carbocycles. The third-order valence-electron chi connectivity index (χ3n) is 6.07. The number of hydrogen-bond donors (Lipinski definition) is 1. The van der Waals surface area contributed by atoms with Crippen LogP contribution >= 0.6 is 0 Å². The van der Waals surface area contributed by atoms with Crippen LogP contribution in [0.3, 0.4) is 0 Å². The van der Waals surface area contributed by atoms with Gasteiger partial charge >= 0.3 is 0 Å². The predicted octanol–water partition coefficient (Wildman–Crippen LogP) is 2.63. The summed E-state index contributed by atoms with van der Waals surface area (Å²) in [4.78, 5) is 12.9. The molecule has 0 spiro atoms. The van der Waals surface area contributed by atoms with Crippen molar-refractivity contribution in [3.8, 4) is 11.4 Å². The summed E-state index contributed by atoms with van der Waals surface area (Å²) in [6.07, 6.45) is 1.79. The number of morpholine rings is 1. The molecule has 1 saturated heterocycles. The Bertz CT molecular complexity index is 1280. The molecule has 0 bridgehead atoms. The quantitative estimate of drug-likeness (QED) is 0.512. The van der Waals surface area contributed by atoms with Gasteiger partial charge in [0.15, 0.2) is 0 Å². The first-order valence-corrected chi connectivity index (χ1v) is 12.9. The first-order chi connectivity index (χ1) is 16.8. The van der Waals surface area contributed by atoms with Crippen molar-refractivity contribution >= 4 is 15.9 Å². The van der Waals surface area contributed by atoms with Gasteiger partial charge in [0.2, 0.25) is 15.9 Å². The summed E-state index contributed by atoms with van der Waals surface area (Å²) in [6.45, 7) is 5.13. The predicted molar refractivity (Wildman–Crippen MR) is 131 cm³/mol. The molecule has 186 valence electrons. The minimum absolute atomic E-state index is 0.0336. The third kappa shape index (κ3) is 5.39. The molecule has 1 unspecified atom stereocenters. The van der Waals surface area contributed by atoms with E-state index >= 15 is 0 Å². The minimum Gasteiger partial charge on any atom is -0.495 e. The normalized spacial score (nSPS) is 15.5. The van der Waals surface area contributed by atoms with Gasteiger partial charge in [-0.1, -0.05) is 24.3 Å². The van der Waals surface area contributed by atoms with Crippen molar-refractivity contribution in [1.29, 1.82) is 0 Å². The van der Waals surface area contributed by atoms with Crippen molar-refractivity contribution in [2.45, 2.75) is 31.2 Å². The maximum atomic E-state index is 13.2. The molecule has 0 aliphatic carbocycles. The third-order valence-corrected chi connectivity index (χ3v) is 7.99. The Morgan fingerprint density at radius 3 is 2.57 bits per heavy atom. The Hall–Kier alpha value is -3.21. The monoisotopic (exact) mass is 498 g/mol. The van der Waals surface area contributed by atoms with Crippen LogP contribution in [0.5, 0.6) is 5.75 Å². The number of benzene rings is 2. The van der Waals surface area contributed by atoms with Crippen molar-refractivity contribution in [2.75, 3.05) is 33.4 Å². The van der Waals surface area contributed by atoms with Crippen LogP contribution in [0.15, 0.2) is 59.6 Å². The van der Waals surface area contributed by atoms with Crippen molar-refractivity contribution in [3.05, 3.63) is 71.5 Å². The molecule has 1 aliphatic heterocycles. The fourth-order valence-electron chi connectivity index (χ4n) is 4.19. The maximum Gasteiger partial charge on any atom is 0.246 e. The molecule has 2 heterocycles. The van der Waals surface area contributed by atoms with E-state index in [2.05, 4.69) is 10.4 Å². The highest BCUT2D eigenvalue weighted by atomic mass is 32.2. The number of nitrogens with zero attached hydrogens (tertiary/aromatic N) is 3. The highest BCUT2D eigenvalue weighted by Gasteiger charge is 2.29. The van der Waals surface area contributed by atoms with Gasteiger partial charge in [-0.25, -0.2) is 13.1 Å². The number of rotatable bonds is 8. The average Bonchev–Trinajstić information content (AvgIpc) is 3.26. The molecule has 1 aliphatic rings. The zero-order valence-corrected chi connectivity index (χ0v) is 20.9. The van der Waals surface area contributed by atoms with E-state index in [4.69, 9.17) is 9.47 Å². The van der Waals surface area contributed by atoms with E-state index in [1.165, 1.54) is 17.5 Å². The zero-order chi connectivity index (χ0) is 25.0. The van der Waals surface area contributed by atoms with Crippen LogP contribution in [0.2, 0.25) is 0 Å². The first-order valence-electron chi connectivity index (χ1n) is 11.5. The Kier molecular flexibility index (Phi) is 7.54. The van der Waals surface area contributed by atoms with Gasteiger partial charge in [0.25, 0.3) is 0 Å². The number of amides is 1. The van der Waals surface area contributed by atoms with Crippen molar-refractivity contribution in [3.63, 3.8) is 0 Å². The van der Waals surface area contributed by atoms with Gasteiger partial charge in [-0.3, -0.25) is 4.79 Å². The van der Waals surface area contributed by atoms with Crippen LogP contribution in [-0.2, 0) is 26.0 Å². The molecule has 1 amide bonds. The Morgan fingerprint density at radius 2 is 1.89 bits per heavy atom. The van der Waals surface area contributed by atoms with Gasteiger partial charge in [0, 0.05) is 24.3 Å². The van der Waals surface area contributed by atoms with Gasteiger partial charge in [-0.2, -0.15) is 9.40 Å². The van der Waals surface area contributed by atoms with E-state index in [0.717, 1.165) is 16.9 Å². The molecule has 0 radical (unpaired) electrons. The lowest BCUT2D eigenvalue weighted by atomic mass is 10.1. The largest absolute Gasteiger partial charge is 0.495 e. The summed E-state index contributed by atoms with van der Waals surface area (Å²) >= 11 is 0. The molecule has 4 rings (SSSR count). The maximum absolute atomic E-state index is 13.2. The molecule has 1 N–H and O–H groups in total. The topological polar surface area (TPSA) is 103 Å². The average molecular weight is 499 g/mol. The van der Waals surface area contributed by atoms with Gasteiger partial charge in [-0.05, 0) is 43.7 Å². The second-order valence-corrected chi connectivity index (χ2v) is 10.3. The molecule has 2 aromatic carbocycles. The van der Waals surface area contributed by atoms with Crippen LogP contribution in [0, 0.1) is 6.92 Å². The molecule has 9 nitrogen and oxygen atoms in total. The van der Waals surface area contributed by atoms with Crippen LogP contribution in [0.1, 0.15) is 29.8 Å². The number of sulfonamides is 1. The smallest absolute Gasteiger partial charge is 0.246 e. The summed E-state index contributed by atoms with van der Waals surface area (Å²) in [5.41, 5.74) is 3.38. The number of carbonyl (C=O) groups is 1. The van der Waals surface area contributed by atoms with E-state index < -0.39 is 10.0 Å². The van der Waals surface area contributed by atoms with Gasteiger partial charge in [0.05, 0.1) is 44.7 Å². The second-order valence-electron chi connectivity index (χ2n) is 8.40. The van der Waals surface area contributed by atoms with Gasteiger partial charge in [-0.15, -0.1) is 0 Å². The van der Waals surface area contributed by atoms with Crippen LogP contribution in [-0.4, -0.2) is 61.8 Å². The fraction of sp³-hybridized carbons (Fsp3) is 0.360. The highest BCUT2D eigenvalue weighted by Crippen LogP contribution is 2.29. The van der Waals surface area contributed by atoms with Crippen molar-refractivity contribution in [1.82, 2.24) is 19.4 Å². The van der Waals surface area contributed by atoms with Crippen molar-refractivity contribution in [2.24, 2.45) is 0 Å². The molecule has 1 fully saturated rings. The lowest BCUT2D eigenvalue weighted by Crippen LogP contribution is -2.40. The number of nitrogens with one attached hydrogen (secondary N) is 1. The SMILES string of the molecule is COc1ccc(CC(=O)NC(C)c2cnn(-c3ccccc3)c2C)cc1S(=O)(=O)N1CCOCC1. The standard InChI is InChI=1S/C25H30N4O5S/c1-18(22-17-26-29(19(22)2)21-7-5-4-6-8-21)27-25(30)16-20-9-10-23(33-3)24(15-20)35(31,32)28-11-13-34-14-12-28/h4-10,15,17-18H,11-14,16H2,1-3H3,(H,27,30). The van der Waals surface area contributed by atoms with E-state index in [1.54, 1.807) is 18.3 Å². The van der Waals surface area contributed by atoms with Gasteiger partial charge < -0.3 is 14.8 Å². The summed E-state index contributed by atoms with van der Waals surface area (Å²) < 4.78 is 40.2. The Balaban J connectivity index is 1.49. The van der Waals surface area contributed by atoms with E-state index in [-0.39, 0.29) is 42.1 Å². The lowest BCUT2D eigenvalue weighted by molar-refractivity contribution is -0.121. The number of para-hydroxylation sites is 1. The molecule has 3 aromatic rings. The molecule has 1 aromatic heterocycles. The van der Waals surface area contributed by atoms with E-state index in [0.29, 0.717) is 18.8 Å². The first kappa shape index (κ1) is 24.9. The summed E-state index contributed by atoms with van der Waals surface area (Å²) in [7, 11) is -2.34. The number of ether oxygens (including phenoxy) is 2. The number of carbonyl (C=O) groups excluding carboxylic acids is 1.